The molecular weight excluding hydrogens is 220 g/mol. The summed E-state index contributed by atoms with van der Waals surface area (Å²) in [5.41, 5.74) is -0.309. The Kier molecular flexibility index (Phi) is 3.76. The van der Waals surface area contributed by atoms with E-state index in [2.05, 4.69) is 15.2 Å². The molecule has 0 radical (unpaired) electrons. The second kappa shape index (κ2) is 5.12. The molecule has 0 atom stereocenters. The van der Waals surface area contributed by atoms with Gasteiger partial charge < -0.3 is 9.84 Å². The molecule has 0 aliphatic carbocycles. The molecule has 2 rings (SSSR count). The van der Waals surface area contributed by atoms with Crippen LogP contribution in [0.15, 0.2) is 6.20 Å². The van der Waals surface area contributed by atoms with Crippen molar-refractivity contribution in [2.24, 2.45) is 0 Å². The molecule has 0 unspecified atom stereocenters. The Morgan fingerprint density at radius 3 is 2.65 bits per heavy atom. The number of nitrogens with zero attached hydrogens (tertiary/aromatic N) is 4. The topological polar surface area (TPSA) is 63.4 Å². The number of morpholine rings is 1. The van der Waals surface area contributed by atoms with E-state index < -0.39 is 5.60 Å². The Morgan fingerprint density at radius 2 is 2.06 bits per heavy atom. The summed E-state index contributed by atoms with van der Waals surface area (Å²) < 4.78 is 7.07. The number of hydrogen-bond acceptors (Lipinski definition) is 5. The largest absolute Gasteiger partial charge is 0.384 e. The van der Waals surface area contributed by atoms with Crippen molar-refractivity contribution in [2.75, 3.05) is 32.8 Å². The normalized spacial score (nSPS) is 18.5. The van der Waals surface area contributed by atoms with Crippen LogP contribution < -0.4 is 0 Å². The van der Waals surface area contributed by atoms with Crippen molar-refractivity contribution in [3.8, 4) is 0 Å². The monoisotopic (exact) mass is 240 g/mol. The third-order valence-corrected chi connectivity index (χ3v) is 2.91. The van der Waals surface area contributed by atoms with Crippen LogP contribution in [0.1, 0.15) is 19.5 Å². The first-order valence-electron chi connectivity index (χ1n) is 5.99. The minimum atomic E-state index is -0.919. The van der Waals surface area contributed by atoms with Crippen LogP contribution in [0.25, 0.3) is 0 Å². The predicted molar refractivity (Wildman–Crippen MR) is 62.5 cm³/mol. The van der Waals surface area contributed by atoms with Crippen molar-refractivity contribution < 1.29 is 9.84 Å². The lowest BCUT2D eigenvalue weighted by Crippen LogP contribution is -2.38. The van der Waals surface area contributed by atoms with E-state index in [0.29, 0.717) is 5.69 Å². The maximum Gasteiger partial charge on any atom is 0.114 e. The van der Waals surface area contributed by atoms with Gasteiger partial charge in [-0.1, -0.05) is 5.21 Å². The molecule has 1 saturated heterocycles. The Labute approximate surface area is 101 Å². The summed E-state index contributed by atoms with van der Waals surface area (Å²) in [4.78, 5) is 2.34. The highest BCUT2D eigenvalue weighted by Crippen LogP contribution is 2.15. The van der Waals surface area contributed by atoms with Crippen LogP contribution in [0.2, 0.25) is 0 Å². The fourth-order valence-electron chi connectivity index (χ4n) is 1.76. The lowest BCUT2D eigenvalue weighted by molar-refractivity contribution is 0.0359. The number of ether oxygens (including phenoxy) is 1. The third kappa shape index (κ3) is 3.49. The molecule has 1 aliphatic heterocycles. The molecule has 1 aromatic heterocycles. The van der Waals surface area contributed by atoms with Gasteiger partial charge in [-0.25, -0.2) is 0 Å². The Hall–Kier alpha value is -0.980. The van der Waals surface area contributed by atoms with Crippen molar-refractivity contribution >= 4 is 0 Å². The average Bonchev–Trinajstić information content (AvgIpc) is 2.76. The van der Waals surface area contributed by atoms with Gasteiger partial charge in [0.2, 0.25) is 0 Å². The predicted octanol–water partition coefficient (Wildman–Crippen LogP) is -0.162. The van der Waals surface area contributed by atoms with E-state index in [1.807, 2.05) is 0 Å². The minimum Gasteiger partial charge on any atom is -0.384 e. The number of hydrogen-bond donors (Lipinski definition) is 1. The number of aliphatic hydroxyl groups is 1. The lowest BCUT2D eigenvalue weighted by atomic mass is 10.1. The molecule has 0 bridgehead atoms. The molecule has 1 aliphatic rings. The highest BCUT2D eigenvalue weighted by Gasteiger charge is 2.20. The quantitative estimate of drug-likeness (QED) is 0.792. The van der Waals surface area contributed by atoms with Crippen LogP contribution in [0.3, 0.4) is 0 Å². The molecule has 0 spiro atoms. The summed E-state index contributed by atoms with van der Waals surface area (Å²) >= 11 is 0. The second-order valence-corrected chi connectivity index (χ2v) is 4.88. The van der Waals surface area contributed by atoms with Gasteiger partial charge in [-0.05, 0) is 13.8 Å². The van der Waals surface area contributed by atoms with Gasteiger partial charge in [-0.3, -0.25) is 9.58 Å². The van der Waals surface area contributed by atoms with Gasteiger partial charge in [-0.15, -0.1) is 5.10 Å². The number of rotatable bonds is 4. The Balaban J connectivity index is 1.84. The zero-order valence-corrected chi connectivity index (χ0v) is 10.5. The number of aromatic nitrogens is 3. The molecule has 0 aromatic carbocycles. The first kappa shape index (κ1) is 12.5. The third-order valence-electron chi connectivity index (χ3n) is 2.91. The highest BCUT2D eigenvalue weighted by molar-refractivity contribution is 5.02. The fourth-order valence-corrected chi connectivity index (χ4v) is 1.76. The van der Waals surface area contributed by atoms with Crippen molar-refractivity contribution in [1.29, 1.82) is 0 Å². The molecule has 6 nitrogen and oxygen atoms in total. The summed E-state index contributed by atoms with van der Waals surface area (Å²) in [5, 5.41) is 17.8. The SMILES string of the molecule is CC(C)(O)c1cn(CCN2CCOCC2)nn1. The van der Waals surface area contributed by atoms with Crippen molar-refractivity contribution in [3.63, 3.8) is 0 Å². The van der Waals surface area contributed by atoms with Crippen LogP contribution in [0.5, 0.6) is 0 Å². The van der Waals surface area contributed by atoms with E-state index in [1.165, 1.54) is 0 Å². The smallest absolute Gasteiger partial charge is 0.114 e. The van der Waals surface area contributed by atoms with Gasteiger partial charge in [0.1, 0.15) is 11.3 Å². The highest BCUT2D eigenvalue weighted by atomic mass is 16.5. The summed E-state index contributed by atoms with van der Waals surface area (Å²) in [6, 6.07) is 0. The van der Waals surface area contributed by atoms with E-state index in [-0.39, 0.29) is 0 Å². The van der Waals surface area contributed by atoms with Gasteiger partial charge in [0.15, 0.2) is 0 Å². The Bertz CT molecular complexity index is 353. The molecule has 17 heavy (non-hydrogen) atoms. The van der Waals surface area contributed by atoms with Gasteiger partial charge in [-0.2, -0.15) is 0 Å². The summed E-state index contributed by atoms with van der Waals surface area (Å²) in [6.45, 7) is 8.74. The summed E-state index contributed by atoms with van der Waals surface area (Å²) in [5.74, 6) is 0. The molecule has 0 amide bonds. The lowest BCUT2D eigenvalue weighted by Gasteiger charge is -2.26. The summed E-state index contributed by atoms with van der Waals surface area (Å²) in [7, 11) is 0. The molecule has 96 valence electrons. The molecule has 2 heterocycles. The molecule has 1 aromatic rings. The van der Waals surface area contributed by atoms with E-state index in [0.717, 1.165) is 39.4 Å². The van der Waals surface area contributed by atoms with Crippen molar-refractivity contribution in [1.82, 2.24) is 19.9 Å². The second-order valence-electron chi connectivity index (χ2n) is 4.88. The van der Waals surface area contributed by atoms with Crippen molar-refractivity contribution in [3.05, 3.63) is 11.9 Å². The zero-order valence-electron chi connectivity index (χ0n) is 10.5. The minimum absolute atomic E-state index is 0.611. The van der Waals surface area contributed by atoms with Crippen LogP contribution >= 0.6 is 0 Å². The van der Waals surface area contributed by atoms with Gasteiger partial charge in [0.05, 0.1) is 26.0 Å². The maximum atomic E-state index is 9.78. The van der Waals surface area contributed by atoms with Gasteiger partial charge >= 0.3 is 0 Å². The van der Waals surface area contributed by atoms with Crippen molar-refractivity contribution in [2.45, 2.75) is 26.0 Å². The van der Waals surface area contributed by atoms with Crippen LogP contribution in [-0.4, -0.2) is 57.8 Å². The fraction of sp³-hybridized carbons (Fsp3) is 0.818. The van der Waals surface area contributed by atoms with Gasteiger partial charge in [0.25, 0.3) is 0 Å². The van der Waals surface area contributed by atoms with E-state index in [4.69, 9.17) is 4.74 Å². The van der Waals surface area contributed by atoms with Crippen LogP contribution in [0, 0.1) is 0 Å². The molecule has 1 fully saturated rings. The standard InChI is InChI=1S/C11H20N4O2/c1-11(2,16)10-9-15(13-12-10)4-3-14-5-7-17-8-6-14/h9,16H,3-8H2,1-2H3. The maximum absolute atomic E-state index is 9.78. The van der Waals surface area contributed by atoms with E-state index >= 15 is 0 Å². The zero-order chi connectivity index (χ0) is 12.3. The Morgan fingerprint density at radius 1 is 1.35 bits per heavy atom. The van der Waals surface area contributed by atoms with E-state index in [9.17, 15) is 5.11 Å². The van der Waals surface area contributed by atoms with Crippen LogP contribution in [0.4, 0.5) is 0 Å². The summed E-state index contributed by atoms with van der Waals surface area (Å²) in [6.07, 6.45) is 1.81. The molecule has 1 N–H and O–H groups in total. The first-order valence-corrected chi connectivity index (χ1v) is 5.99. The van der Waals surface area contributed by atoms with E-state index in [1.54, 1.807) is 24.7 Å². The first-order chi connectivity index (χ1) is 8.05. The van der Waals surface area contributed by atoms with Crippen LogP contribution in [-0.2, 0) is 16.9 Å². The van der Waals surface area contributed by atoms with Gasteiger partial charge in [0, 0.05) is 19.6 Å². The molecule has 6 heteroatoms. The average molecular weight is 240 g/mol. The molecular formula is C11H20N4O2. The molecule has 0 saturated carbocycles.